The number of ketones is 1. The number of imide groups is 1. The average molecular weight is 376 g/mol. The topological polar surface area (TPSA) is 111 Å². The molecule has 0 bridgehead atoms. The molecule has 116 valence electrons. The fraction of sp³-hybridized carbons (Fsp3) is 0.0667. The Morgan fingerprint density at radius 2 is 1.87 bits per heavy atom. The van der Waals surface area contributed by atoms with Crippen molar-refractivity contribution in [2.75, 3.05) is 5.73 Å². The van der Waals surface area contributed by atoms with Crippen LogP contribution in [-0.4, -0.2) is 22.2 Å². The Bertz CT molecular complexity index is 962. The van der Waals surface area contributed by atoms with E-state index in [1.165, 1.54) is 6.92 Å². The highest BCUT2D eigenvalue weighted by molar-refractivity contribution is 9.10. The third kappa shape index (κ3) is 2.27. The second-order valence-corrected chi connectivity index (χ2v) is 5.85. The van der Waals surface area contributed by atoms with E-state index < -0.39 is 17.4 Å². The van der Waals surface area contributed by atoms with E-state index in [2.05, 4.69) is 21.2 Å². The third-order valence-electron chi connectivity index (χ3n) is 3.54. The van der Waals surface area contributed by atoms with E-state index >= 15 is 0 Å². The lowest BCUT2D eigenvalue weighted by atomic mass is 10.1. The van der Waals surface area contributed by atoms with Gasteiger partial charge in [-0.05, 0) is 41.1 Å². The van der Waals surface area contributed by atoms with Gasteiger partial charge in [0.05, 0.1) is 16.8 Å². The van der Waals surface area contributed by atoms with E-state index in [1.807, 2.05) is 0 Å². The van der Waals surface area contributed by atoms with Crippen LogP contribution in [0, 0.1) is 0 Å². The van der Waals surface area contributed by atoms with Crippen molar-refractivity contribution in [3.05, 3.63) is 55.8 Å². The van der Waals surface area contributed by atoms with E-state index in [9.17, 15) is 19.2 Å². The smallest absolute Gasteiger partial charge is 0.262 e. The van der Waals surface area contributed by atoms with Crippen molar-refractivity contribution in [1.29, 1.82) is 0 Å². The fourth-order valence-corrected chi connectivity index (χ4v) is 3.12. The molecule has 0 unspecified atom stereocenters. The molecule has 1 aromatic heterocycles. The van der Waals surface area contributed by atoms with Gasteiger partial charge < -0.3 is 5.73 Å². The molecule has 23 heavy (non-hydrogen) atoms. The average Bonchev–Trinajstić information content (AvgIpc) is 2.73. The number of carbonyl (C=O) groups is 3. The van der Waals surface area contributed by atoms with Crippen LogP contribution >= 0.6 is 15.9 Å². The molecule has 3 N–H and O–H groups in total. The van der Waals surface area contributed by atoms with Gasteiger partial charge in [0.25, 0.3) is 17.4 Å². The molecule has 3 rings (SSSR count). The van der Waals surface area contributed by atoms with E-state index in [-0.39, 0.29) is 22.7 Å². The molecule has 0 radical (unpaired) electrons. The second kappa shape index (κ2) is 5.17. The van der Waals surface area contributed by atoms with Crippen LogP contribution in [0.3, 0.4) is 0 Å². The summed E-state index contributed by atoms with van der Waals surface area (Å²) in [6.07, 6.45) is 0. The minimum atomic E-state index is -0.644. The Hall–Kier alpha value is -2.74. The molecule has 0 spiro atoms. The lowest BCUT2D eigenvalue weighted by Gasteiger charge is -2.13. The normalized spacial score (nSPS) is 13.0. The highest BCUT2D eigenvalue weighted by Crippen LogP contribution is 2.25. The standard InChI is InChI=1S/C15H10BrN3O4/c1-6(20)8-3-2-7(4-10(8)16)19-11(21)5-9-12(13(19)17)15(23)18-14(9)22/h2-5H,17H2,1H3,(H,18,22,23). The number of nitrogens with zero attached hydrogens (tertiary/aromatic N) is 1. The largest absolute Gasteiger partial charge is 0.384 e. The second-order valence-electron chi connectivity index (χ2n) is 5.00. The van der Waals surface area contributed by atoms with Crippen LogP contribution in [-0.2, 0) is 0 Å². The monoisotopic (exact) mass is 375 g/mol. The number of aromatic nitrogens is 1. The number of benzene rings is 1. The number of hydrogen-bond donors (Lipinski definition) is 2. The molecule has 1 aliphatic rings. The third-order valence-corrected chi connectivity index (χ3v) is 4.20. The number of anilines is 1. The molecule has 0 atom stereocenters. The Morgan fingerprint density at radius 3 is 2.48 bits per heavy atom. The summed E-state index contributed by atoms with van der Waals surface area (Å²) in [6.45, 7) is 1.42. The van der Waals surface area contributed by atoms with Gasteiger partial charge in [-0.1, -0.05) is 0 Å². The number of hydrogen-bond acceptors (Lipinski definition) is 5. The maximum atomic E-state index is 12.3. The van der Waals surface area contributed by atoms with Crippen LogP contribution in [0.2, 0.25) is 0 Å². The Balaban J connectivity index is 2.27. The predicted octanol–water partition coefficient (Wildman–Crippen LogP) is 1.27. The molecule has 2 heterocycles. The van der Waals surface area contributed by atoms with Gasteiger partial charge >= 0.3 is 0 Å². The zero-order valence-electron chi connectivity index (χ0n) is 11.8. The number of halogens is 1. The number of nitrogens with one attached hydrogen (secondary N) is 1. The van der Waals surface area contributed by atoms with Crippen LogP contribution < -0.4 is 16.6 Å². The van der Waals surface area contributed by atoms with Gasteiger partial charge in [-0.25, -0.2) is 0 Å². The highest BCUT2D eigenvalue weighted by atomic mass is 79.9. The van der Waals surface area contributed by atoms with Gasteiger partial charge in [0.15, 0.2) is 5.78 Å². The van der Waals surface area contributed by atoms with Gasteiger partial charge in [0, 0.05) is 16.1 Å². The summed E-state index contributed by atoms with van der Waals surface area (Å²) < 4.78 is 1.61. The number of carbonyl (C=O) groups excluding carboxylic acids is 3. The van der Waals surface area contributed by atoms with Crippen molar-refractivity contribution in [3.8, 4) is 5.69 Å². The van der Waals surface area contributed by atoms with Crippen molar-refractivity contribution in [2.24, 2.45) is 0 Å². The molecule has 1 aliphatic heterocycles. The van der Waals surface area contributed by atoms with Crippen LogP contribution in [0.15, 0.2) is 33.5 Å². The Morgan fingerprint density at radius 1 is 1.17 bits per heavy atom. The number of rotatable bonds is 2. The van der Waals surface area contributed by atoms with Crippen LogP contribution in [0.1, 0.15) is 38.0 Å². The number of Topliss-reactive ketones (excluding diaryl/α,β-unsaturated/α-hetero) is 1. The molecule has 1 aromatic carbocycles. The van der Waals surface area contributed by atoms with Crippen molar-refractivity contribution in [1.82, 2.24) is 9.88 Å². The number of nitrogen functional groups attached to an aromatic ring is 1. The lowest BCUT2D eigenvalue weighted by molar-refractivity contribution is 0.0879. The van der Waals surface area contributed by atoms with Gasteiger partial charge in [-0.3, -0.25) is 29.1 Å². The molecule has 0 saturated carbocycles. The van der Waals surface area contributed by atoms with Crippen LogP contribution in [0.5, 0.6) is 0 Å². The zero-order valence-corrected chi connectivity index (χ0v) is 13.4. The number of fused-ring (bicyclic) bond motifs is 1. The molecule has 2 amide bonds. The Labute approximate surface area is 138 Å². The van der Waals surface area contributed by atoms with E-state index in [0.717, 1.165) is 10.6 Å². The molecular formula is C15H10BrN3O4. The van der Waals surface area contributed by atoms with Crippen molar-refractivity contribution in [3.63, 3.8) is 0 Å². The SMILES string of the molecule is CC(=O)c1ccc(-n2c(N)c3c(cc2=O)C(=O)NC3=O)cc1Br. The zero-order chi connectivity index (χ0) is 16.9. The first kappa shape index (κ1) is 15.2. The Kier molecular flexibility index (Phi) is 3.41. The van der Waals surface area contributed by atoms with Gasteiger partial charge in [0.1, 0.15) is 5.82 Å². The van der Waals surface area contributed by atoms with E-state index in [1.54, 1.807) is 18.2 Å². The summed E-state index contributed by atoms with van der Waals surface area (Å²) in [6, 6.07) is 5.71. The molecule has 0 fully saturated rings. The van der Waals surface area contributed by atoms with Crippen molar-refractivity contribution < 1.29 is 14.4 Å². The molecule has 8 heteroatoms. The molecule has 0 aliphatic carbocycles. The minimum absolute atomic E-state index is 0.0265. The maximum absolute atomic E-state index is 12.3. The van der Waals surface area contributed by atoms with Crippen LogP contribution in [0.4, 0.5) is 5.82 Å². The first-order valence-corrected chi connectivity index (χ1v) is 7.32. The molecule has 7 nitrogen and oxygen atoms in total. The van der Waals surface area contributed by atoms with Gasteiger partial charge in [-0.2, -0.15) is 0 Å². The summed E-state index contributed by atoms with van der Waals surface area (Å²) >= 11 is 3.27. The van der Waals surface area contributed by atoms with Crippen LogP contribution in [0.25, 0.3) is 5.69 Å². The molecular weight excluding hydrogens is 366 g/mol. The van der Waals surface area contributed by atoms with Crippen molar-refractivity contribution >= 4 is 39.3 Å². The summed E-state index contributed by atoms with van der Waals surface area (Å²) in [4.78, 5) is 47.2. The predicted molar refractivity (Wildman–Crippen MR) is 86.0 cm³/mol. The summed E-state index contributed by atoms with van der Waals surface area (Å²) in [5.74, 6) is -1.55. The fourth-order valence-electron chi connectivity index (χ4n) is 2.47. The highest BCUT2D eigenvalue weighted by Gasteiger charge is 2.31. The van der Waals surface area contributed by atoms with Gasteiger partial charge in [-0.15, -0.1) is 0 Å². The number of pyridine rings is 1. The van der Waals surface area contributed by atoms with Gasteiger partial charge in [0.2, 0.25) is 0 Å². The lowest BCUT2D eigenvalue weighted by Crippen LogP contribution is -2.24. The quantitative estimate of drug-likeness (QED) is 0.606. The first-order valence-electron chi connectivity index (χ1n) is 6.53. The molecule has 0 saturated heterocycles. The minimum Gasteiger partial charge on any atom is -0.384 e. The van der Waals surface area contributed by atoms with E-state index in [0.29, 0.717) is 15.7 Å². The summed E-state index contributed by atoms with van der Waals surface area (Å²) in [5.41, 5.74) is 6.16. The first-order chi connectivity index (χ1) is 10.8. The summed E-state index contributed by atoms with van der Waals surface area (Å²) in [5, 5.41) is 2.10. The summed E-state index contributed by atoms with van der Waals surface area (Å²) in [7, 11) is 0. The number of amides is 2. The number of nitrogens with two attached hydrogens (primary N) is 1. The van der Waals surface area contributed by atoms with Crippen molar-refractivity contribution in [2.45, 2.75) is 6.92 Å². The van der Waals surface area contributed by atoms with E-state index in [4.69, 9.17) is 5.73 Å². The maximum Gasteiger partial charge on any atom is 0.262 e. The molecule has 2 aromatic rings.